The Balaban J connectivity index is 2.24. The van der Waals surface area contributed by atoms with Gasteiger partial charge in [-0.3, -0.25) is 4.98 Å². The molecule has 2 heterocycles. The molecule has 2 aromatic rings. The molecule has 5 heteroatoms. The predicted octanol–water partition coefficient (Wildman–Crippen LogP) is 1.76. The van der Waals surface area contributed by atoms with E-state index in [2.05, 4.69) is 4.98 Å². The van der Waals surface area contributed by atoms with E-state index in [1.165, 1.54) is 6.20 Å². The number of carboxylic acid groups (broad SMARTS) is 1. The zero-order valence-corrected chi connectivity index (χ0v) is 8.14. The molecule has 0 fully saturated rings. The molecule has 0 saturated carbocycles. The van der Waals surface area contributed by atoms with E-state index in [9.17, 15) is 4.79 Å². The monoisotopic (exact) mass is 217 g/mol. The fourth-order valence-corrected chi connectivity index (χ4v) is 1.67. The number of hydrogen-bond acceptors (Lipinski definition) is 4. The average molecular weight is 217 g/mol. The van der Waals surface area contributed by atoms with Gasteiger partial charge in [0, 0.05) is 23.2 Å². The second-order valence-corrected chi connectivity index (χ2v) is 3.53. The molecule has 1 aliphatic rings. The summed E-state index contributed by atoms with van der Waals surface area (Å²) in [6, 6.07) is 5.16. The molecule has 1 aliphatic heterocycles. The van der Waals surface area contributed by atoms with Crippen molar-refractivity contribution in [2.75, 3.05) is 0 Å². The van der Waals surface area contributed by atoms with Crippen LogP contribution in [0.2, 0.25) is 0 Å². The minimum absolute atomic E-state index is 0.173. The van der Waals surface area contributed by atoms with E-state index in [0.29, 0.717) is 17.9 Å². The molecule has 0 unspecified atom stereocenters. The van der Waals surface area contributed by atoms with Gasteiger partial charge in [-0.15, -0.1) is 0 Å². The van der Waals surface area contributed by atoms with Crippen LogP contribution < -0.4 is 4.89 Å². The Morgan fingerprint density at radius 3 is 3.06 bits per heavy atom. The molecule has 0 saturated heterocycles. The molecular weight excluding hydrogens is 210 g/mol. The summed E-state index contributed by atoms with van der Waals surface area (Å²) in [5.74, 6) is -0.342. The minimum atomic E-state index is -0.984. The number of aromatic nitrogens is 1. The highest BCUT2D eigenvalue weighted by Crippen LogP contribution is 2.30. The van der Waals surface area contributed by atoms with E-state index >= 15 is 0 Å². The molecule has 5 nitrogen and oxygen atoms in total. The van der Waals surface area contributed by atoms with Crippen molar-refractivity contribution in [1.29, 1.82) is 0 Å². The normalized spacial score (nSPS) is 13.5. The predicted molar refractivity (Wildman–Crippen MR) is 54.1 cm³/mol. The summed E-state index contributed by atoms with van der Waals surface area (Å²) in [6.07, 6.45) is 1.33. The highest BCUT2D eigenvalue weighted by Gasteiger charge is 2.15. The molecular formula is C11H7NO4. The van der Waals surface area contributed by atoms with Gasteiger partial charge in [0.2, 0.25) is 0 Å². The lowest BCUT2D eigenvalue weighted by Gasteiger charge is -2.01. The molecule has 3 rings (SSSR count). The van der Waals surface area contributed by atoms with Crippen molar-refractivity contribution < 1.29 is 19.7 Å². The zero-order chi connectivity index (χ0) is 11.1. The lowest BCUT2D eigenvalue weighted by atomic mass is 10.1. The molecule has 0 aliphatic carbocycles. The number of nitrogens with zero attached hydrogens (tertiary/aromatic N) is 1. The van der Waals surface area contributed by atoms with Crippen LogP contribution in [0.25, 0.3) is 10.9 Å². The first-order valence-electron chi connectivity index (χ1n) is 4.69. The van der Waals surface area contributed by atoms with Crippen LogP contribution in [-0.2, 0) is 11.5 Å². The maximum atomic E-state index is 10.8. The SMILES string of the molecule is O=C(O)c1cnc2cc3c(cc2c1)COO3. The first-order chi connectivity index (χ1) is 7.74. The third-order valence-electron chi connectivity index (χ3n) is 2.47. The summed E-state index contributed by atoms with van der Waals surface area (Å²) in [7, 11) is 0. The van der Waals surface area contributed by atoms with Gasteiger partial charge in [-0.2, -0.15) is 4.89 Å². The number of rotatable bonds is 1. The number of carboxylic acids is 1. The van der Waals surface area contributed by atoms with E-state index < -0.39 is 5.97 Å². The van der Waals surface area contributed by atoms with E-state index in [1.54, 1.807) is 12.1 Å². The quantitative estimate of drug-likeness (QED) is 0.737. The number of aromatic carboxylic acids is 1. The molecule has 0 bridgehead atoms. The van der Waals surface area contributed by atoms with Gasteiger partial charge in [0.1, 0.15) is 6.61 Å². The molecule has 16 heavy (non-hydrogen) atoms. The topological polar surface area (TPSA) is 68.7 Å². The Kier molecular flexibility index (Phi) is 1.81. The number of carbonyl (C=O) groups is 1. The van der Waals surface area contributed by atoms with Crippen molar-refractivity contribution in [3.63, 3.8) is 0 Å². The van der Waals surface area contributed by atoms with Gasteiger partial charge in [-0.1, -0.05) is 0 Å². The van der Waals surface area contributed by atoms with Crippen molar-refractivity contribution in [1.82, 2.24) is 4.98 Å². The third kappa shape index (κ3) is 1.30. The Morgan fingerprint density at radius 1 is 1.38 bits per heavy atom. The van der Waals surface area contributed by atoms with Gasteiger partial charge in [-0.25, -0.2) is 4.79 Å². The van der Waals surface area contributed by atoms with E-state index in [4.69, 9.17) is 14.9 Å². The van der Waals surface area contributed by atoms with Crippen LogP contribution in [0.15, 0.2) is 24.4 Å². The van der Waals surface area contributed by atoms with Crippen LogP contribution in [0.3, 0.4) is 0 Å². The average Bonchev–Trinajstić information content (AvgIpc) is 2.71. The van der Waals surface area contributed by atoms with Crippen molar-refractivity contribution in [2.24, 2.45) is 0 Å². The second kappa shape index (κ2) is 3.18. The van der Waals surface area contributed by atoms with Crippen LogP contribution in [-0.4, -0.2) is 16.1 Å². The summed E-state index contributed by atoms with van der Waals surface area (Å²) in [6.45, 7) is 0.378. The number of fused-ring (bicyclic) bond motifs is 2. The number of pyridine rings is 1. The lowest BCUT2D eigenvalue weighted by molar-refractivity contribution is -0.194. The summed E-state index contributed by atoms with van der Waals surface area (Å²) in [5.41, 5.74) is 1.76. The maximum Gasteiger partial charge on any atom is 0.337 e. The van der Waals surface area contributed by atoms with Crippen LogP contribution in [0.5, 0.6) is 5.75 Å². The second-order valence-electron chi connectivity index (χ2n) is 3.53. The smallest absolute Gasteiger partial charge is 0.337 e. The van der Waals surface area contributed by atoms with Crippen molar-refractivity contribution in [3.8, 4) is 5.75 Å². The Morgan fingerprint density at radius 2 is 2.25 bits per heavy atom. The minimum Gasteiger partial charge on any atom is -0.478 e. The zero-order valence-electron chi connectivity index (χ0n) is 8.14. The fraction of sp³-hybridized carbons (Fsp3) is 0.0909. The van der Waals surface area contributed by atoms with Crippen molar-refractivity contribution in [3.05, 3.63) is 35.5 Å². The summed E-state index contributed by atoms with van der Waals surface area (Å²) < 4.78 is 0. The van der Waals surface area contributed by atoms with Gasteiger partial charge in [-0.05, 0) is 12.1 Å². The molecule has 1 aromatic carbocycles. The van der Waals surface area contributed by atoms with Gasteiger partial charge in [0.15, 0.2) is 5.75 Å². The van der Waals surface area contributed by atoms with Crippen LogP contribution in [0.1, 0.15) is 15.9 Å². The highest BCUT2D eigenvalue weighted by molar-refractivity contribution is 5.93. The van der Waals surface area contributed by atoms with Gasteiger partial charge in [0.25, 0.3) is 0 Å². The molecule has 1 N–H and O–H groups in total. The van der Waals surface area contributed by atoms with Gasteiger partial charge >= 0.3 is 5.97 Å². The number of hydrogen-bond donors (Lipinski definition) is 1. The largest absolute Gasteiger partial charge is 0.478 e. The maximum absolute atomic E-state index is 10.8. The molecule has 0 atom stereocenters. The Hall–Kier alpha value is -2.14. The standard InChI is InChI=1S/C11H7NO4/c13-11(14)7-1-6-2-8-5-15-16-10(8)3-9(6)12-4-7/h1-4H,5H2,(H,13,14). The van der Waals surface area contributed by atoms with Crippen LogP contribution >= 0.6 is 0 Å². The Labute approximate surface area is 90.2 Å². The fourth-order valence-electron chi connectivity index (χ4n) is 1.67. The van der Waals surface area contributed by atoms with E-state index in [-0.39, 0.29) is 5.56 Å². The highest BCUT2D eigenvalue weighted by atomic mass is 17.2. The van der Waals surface area contributed by atoms with Gasteiger partial charge < -0.3 is 9.99 Å². The van der Waals surface area contributed by atoms with E-state index in [1.807, 2.05) is 6.07 Å². The first kappa shape index (κ1) is 9.11. The Bertz CT molecular complexity index is 594. The molecule has 0 amide bonds. The third-order valence-corrected chi connectivity index (χ3v) is 2.47. The summed E-state index contributed by atoms with van der Waals surface area (Å²) >= 11 is 0. The molecule has 1 aromatic heterocycles. The lowest BCUT2D eigenvalue weighted by Crippen LogP contribution is -1.97. The van der Waals surface area contributed by atoms with Crippen molar-refractivity contribution in [2.45, 2.75) is 6.61 Å². The molecule has 0 radical (unpaired) electrons. The van der Waals surface area contributed by atoms with Crippen molar-refractivity contribution >= 4 is 16.9 Å². The summed E-state index contributed by atoms with van der Waals surface area (Å²) in [4.78, 5) is 24.6. The number of benzene rings is 1. The first-order valence-corrected chi connectivity index (χ1v) is 4.69. The summed E-state index contributed by atoms with van der Waals surface area (Å²) in [5, 5.41) is 9.62. The molecule has 80 valence electrons. The van der Waals surface area contributed by atoms with E-state index in [0.717, 1.165) is 10.9 Å². The molecule has 0 spiro atoms. The van der Waals surface area contributed by atoms with Crippen LogP contribution in [0, 0.1) is 0 Å². The van der Waals surface area contributed by atoms with Crippen LogP contribution in [0.4, 0.5) is 0 Å². The van der Waals surface area contributed by atoms with Gasteiger partial charge in [0.05, 0.1) is 11.1 Å².